The summed E-state index contributed by atoms with van der Waals surface area (Å²) in [5, 5.41) is 0. The average Bonchev–Trinajstić information content (AvgIpc) is 2.39. The molecular weight excluding hydrogens is 244 g/mol. The third kappa shape index (κ3) is 3.13. The maximum absolute atomic E-state index is 13.0. The Balaban J connectivity index is 2.28. The first-order chi connectivity index (χ1) is 9.54. The van der Waals surface area contributed by atoms with Gasteiger partial charge in [-0.15, -0.1) is 0 Å². The van der Waals surface area contributed by atoms with Crippen LogP contribution >= 0.6 is 0 Å². The van der Waals surface area contributed by atoms with Crippen LogP contribution in [-0.4, -0.2) is 5.78 Å². The minimum atomic E-state index is 0.121. The van der Waals surface area contributed by atoms with Crippen molar-refractivity contribution in [3.63, 3.8) is 0 Å². The SMILES string of the molecule is [CH2]CC(C(=O)c1c(C)cc(C)cc1C)C1CCCCC1. The molecule has 1 fully saturated rings. The van der Waals surface area contributed by atoms with Gasteiger partial charge in [0, 0.05) is 11.5 Å². The fourth-order valence-electron chi connectivity index (χ4n) is 3.87. The minimum absolute atomic E-state index is 0.121. The maximum atomic E-state index is 13.0. The second kappa shape index (κ2) is 6.56. The number of carbonyl (C=O) groups excluding carboxylic acids is 1. The molecule has 1 radical (unpaired) electrons. The first-order valence-corrected chi connectivity index (χ1v) is 7.96. The van der Waals surface area contributed by atoms with Crippen molar-refractivity contribution in [1.82, 2.24) is 0 Å². The van der Waals surface area contributed by atoms with E-state index in [-0.39, 0.29) is 5.92 Å². The first-order valence-electron chi connectivity index (χ1n) is 7.96. The third-order valence-electron chi connectivity index (χ3n) is 4.79. The summed E-state index contributed by atoms with van der Waals surface area (Å²) in [7, 11) is 0. The van der Waals surface area contributed by atoms with Gasteiger partial charge in [0.2, 0.25) is 0 Å². The number of carbonyl (C=O) groups is 1. The van der Waals surface area contributed by atoms with Crippen molar-refractivity contribution < 1.29 is 4.79 Å². The second-order valence-electron chi connectivity index (χ2n) is 6.43. The van der Waals surface area contributed by atoms with Crippen LogP contribution in [0, 0.1) is 39.5 Å². The number of aryl methyl sites for hydroxylation is 3. The smallest absolute Gasteiger partial charge is 0.166 e. The Hall–Kier alpha value is -1.11. The molecule has 1 heteroatoms. The summed E-state index contributed by atoms with van der Waals surface area (Å²) in [5.74, 6) is 1.01. The molecule has 1 nitrogen and oxygen atoms in total. The molecule has 0 spiro atoms. The van der Waals surface area contributed by atoms with Crippen LogP contribution < -0.4 is 0 Å². The zero-order chi connectivity index (χ0) is 14.7. The van der Waals surface area contributed by atoms with Crippen molar-refractivity contribution in [3.8, 4) is 0 Å². The Morgan fingerprint density at radius 2 is 1.70 bits per heavy atom. The Morgan fingerprint density at radius 1 is 1.15 bits per heavy atom. The molecule has 0 N–H and O–H groups in total. The van der Waals surface area contributed by atoms with E-state index in [0.29, 0.717) is 11.7 Å². The van der Waals surface area contributed by atoms with Gasteiger partial charge in [-0.25, -0.2) is 0 Å². The molecule has 0 saturated heterocycles. The number of hydrogen-bond donors (Lipinski definition) is 0. The van der Waals surface area contributed by atoms with E-state index < -0.39 is 0 Å². The van der Waals surface area contributed by atoms with Gasteiger partial charge in [-0.05, 0) is 57.1 Å². The van der Waals surface area contributed by atoms with Gasteiger partial charge in [0.25, 0.3) is 0 Å². The van der Waals surface area contributed by atoms with E-state index in [1.54, 1.807) is 0 Å². The fraction of sp³-hybridized carbons (Fsp3) is 0.579. The van der Waals surface area contributed by atoms with Crippen LogP contribution in [-0.2, 0) is 0 Å². The van der Waals surface area contributed by atoms with Crippen molar-refractivity contribution in [3.05, 3.63) is 41.3 Å². The van der Waals surface area contributed by atoms with Gasteiger partial charge in [0.05, 0.1) is 0 Å². The number of hydrogen-bond acceptors (Lipinski definition) is 1. The summed E-state index contributed by atoms with van der Waals surface area (Å²) in [4.78, 5) is 13.0. The first kappa shape index (κ1) is 15.3. The van der Waals surface area contributed by atoms with E-state index in [4.69, 9.17) is 0 Å². The van der Waals surface area contributed by atoms with Crippen molar-refractivity contribution >= 4 is 5.78 Å². The fourth-order valence-corrected chi connectivity index (χ4v) is 3.87. The van der Waals surface area contributed by atoms with Crippen molar-refractivity contribution in [1.29, 1.82) is 0 Å². The summed E-state index contributed by atoms with van der Waals surface area (Å²) in [6, 6.07) is 4.25. The molecule has 0 heterocycles. The molecule has 1 saturated carbocycles. The van der Waals surface area contributed by atoms with Crippen LogP contribution in [0.1, 0.15) is 65.6 Å². The van der Waals surface area contributed by atoms with E-state index in [2.05, 4.69) is 39.8 Å². The maximum Gasteiger partial charge on any atom is 0.166 e. The Bertz CT molecular complexity index is 458. The second-order valence-corrected chi connectivity index (χ2v) is 6.43. The molecule has 1 aliphatic carbocycles. The monoisotopic (exact) mass is 271 g/mol. The van der Waals surface area contributed by atoms with Crippen LogP contribution in [0.5, 0.6) is 0 Å². The number of ketones is 1. The number of Topliss-reactive ketones (excluding diaryl/α,β-unsaturated/α-hetero) is 1. The molecule has 0 amide bonds. The molecule has 0 bridgehead atoms. The van der Waals surface area contributed by atoms with Crippen molar-refractivity contribution in [2.75, 3.05) is 0 Å². The Kier molecular flexibility index (Phi) is 5.01. The van der Waals surface area contributed by atoms with Gasteiger partial charge in [-0.1, -0.05) is 43.9 Å². The van der Waals surface area contributed by atoms with E-state index >= 15 is 0 Å². The standard InChI is InChI=1S/C19H27O/c1-5-17(16-9-7-6-8-10-16)19(20)18-14(3)11-13(2)12-15(18)4/h11-12,16-17H,1,5-10H2,2-4H3. The summed E-state index contributed by atoms with van der Waals surface area (Å²) in [6.45, 7) is 10.3. The summed E-state index contributed by atoms with van der Waals surface area (Å²) < 4.78 is 0. The molecule has 1 aliphatic rings. The highest BCUT2D eigenvalue weighted by Crippen LogP contribution is 2.34. The van der Waals surface area contributed by atoms with Crippen LogP contribution in [0.15, 0.2) is 12.1 Å². The van der Waals surface area contributed by atoms with Gasteiger partial charge in [-0.2, -0.15) is 0 Å². The zero-order valence-corrected chi connectivity index (χ0v) is 13.2. The van der Waals surface area contributed by atoms with Crippen LogP contribution in [0.4, 0.5) is 0 Å². The van der Waals surface area contributed by atoms with E-state index in [0.717, 1.165) is 23.1 Å². The lowest BCUT2D eigenvalue weighted by Gasteiger charge is -2.29. The minimum Gasteiger partial charge on any atom is -0.294 e. The quantitative estimate of drug-likeness (QED) is 0.686. The zero-order valence-electron chi connectivity index (χ0n) is 13.2. The third-order valence-corrected chi connectivity index (χ3v) is 4.79. The van der Waals surface area contributed by atoms with Crippen LogP contribution in [0.2, 0.25) is 0 Å². The van der Waals surface area contributed by atoms with Crippen LogP contribution in [0.3, 0.4) is 0 Å². The highest BCUT2D eigenvalue weighted by atomic mass is 16.1. The average molecular weight is 271 g/mol. The van der Waals surface area contributed by atoms with Gasteiger partial charge >= 0.3 is 0 Å². The van der Waals surface area contributed by atoms with Crippen LogP contribution in [0.25, 0.3) is 0 Å². The summed E-state index contributed by atoms with van der Waals surface area (Å²) in [6.07, 6.45) is 7.03. The lowest BCUT2D eigenvalue weighted by molar-refractivity contribution is 0.0845. The summed E-state index contributed by atoms with van der Waals surface area (Å²) in [5.41, 5.74) is 4.44. The van der Waals surface area contributed by atoms with Gasteiger partial charge in [0.15, 0.2) is 5.78 Å². The van der Waals surface area contributed by atoms with E-state index in [1.807, 2.05) is 0 Å². The molecule has 0 aliphatic heterocycles. The highest BCUT2D eigenvalue weighted by Gasteiger charge is 2.30. The molecule has 1 aromatic carbocycles. The molecule has 1 unspecified atom stereocenters. The predicted molar refractivity (Wildman–Crippen MR) is 85.0 cm³/mol. The van der Waals surface area contributed by atoms with E-state index in [1.165, 1.54) is 37.7 Å². The lowest BCUT2D eigenvalue weighted by Crippen LogP contribution is -2.26. The summed E-state index contributed by atoms with van der Waals surface area (Å²) >= 11 is 0. The molecule has 0 aromatic heterocycles. The predicted octanol–water partition coefficient (Wildman–Crippen LogP) is 5.22. The lowest BCUT2D eigenvalue weighted by atomic mass is 9.74. The molecule has 20 heavy (non-hydrogen) atoms. The largest absolute Gasteiger partial charge is 0.294 e. The Labute approximate surface area is 123 Å². The molecular formula is C19H27O. The molecule has 109 valence electrons. The van der Waals surface area contributed by atoms with Gasteiger partial charge < -0.3 is 0 Å². The molecule has 2 rings (SSSR count). The van der Waals surface area contributed by atoms with Gasteiger partial charge in [-0.3, -0.25) is 4.79 Å². The molecule has 1 aromatic rings. The number of benzene rings is 1. The van der Waals surface area contributed by atoms with E-state index in [9.17, 15) is 4.79 Å². The molecule has 1 atom stereocenters. The number of rotatable bonds is 4. The van der Waals surface area contributed by atoms with Gasteiger partial charge in [0.1, 0.15) is 0 Å². The Morgan fingerprint density at radius 3 is 2.20 bits per heavy atom. The van der Waals surface area contributed by atoms with Crippen molar-refractivity contribution in [2.24, 2.45) is 11.8 Å². The normalized spacial score (nSPS) is 18.0. The van der Waals surface area contributed by atoms with Crippen molar-refractivity contribution in [2.45, 2.75) is 59.3 Å². The highest BCUT2D eigenvalue weighted by molar-refractivity contribution is 6.00. The topological polar surface area (TPSA) is 17.1 Å².